The minimum atomic E-state index is 0.598. The molecular formula is C13H17ClIN. The van der Waals surface area contributed by atoms with E-state index in [1.54, 1.807) is 0 Å². The lowest BCUT2D eigenvalue weighted by Gasteiger charge is -2.28. The summed E-state index contributed by atoms with van der Waals surface area (Å²) in [6.45, 7) is 2.34. The van der Waals surface area contributed by atoms with Crippen LogP contribution in [-0.4, -0.2) is 6.04 Å². The number of hydrogen-bond donors (Lipinski definition) is 1. The van der Waals surface area contributed by atoms with Gasteiger partial charge >= 0.3 is 0 Å². The number of anilines is 1. The van der Waals surface area contributed by atoms with Crippen molar-refractivity contribution in [3.63, 3.8) is 0 Å². The van der Waals surface area contributed by atoms with Gasteiger partial charge in [0.15, 0.2) is 0 Å². The fourth-order valence-electron chi connectivity index (χ4n) is 2.39. The maximum atomic E-state index is 6.22. The standard InChI is InChI=1S/C13H17ClIN/c1-9-3-2-4-11(7-9)16-13-6-5-10(15)8-12(13)14/h5-6,8-9,11,16H,2-4,7H2,1H3. The molecule has 2 atom stereocenters. The van der Waals surface area contributed by atoms with Crippen LogP contribution in [-0.2, 0) is 0 Å². The molecule has 0 radical (unpaired) electrons. The van der Waals surface area contributed by atoms with Gasteiger partial charge in [0.05, 0.1) is 10.7 Å². The lowest BCUT2D eigenvalue weighted by atomic mass is 9.87. The molecule has 1 N–H and O–H groups in total. The van der Waals surface area contributed by atoms with Crippen molar-refractivity contribution in [3.8, 4) is 0 Å². The molecule has 1 fully saturated rings. The molecule has 16 heavy (non-hydrogen) atoms. The van der Waals surface area contributed by atoms with Crippen LogP contribution in [0, 0.1) is 9.49 Å². The zero-order valence-corrected chi connectivity index (χ0v) is 12.4. The van der Waals surface area contributed by atoms with E-state index in [1.165, 1.54) is 29.3 Å². The fraction of sp³-hybridized carbons (Fsp3) is 0.538. The number of hydrogen-bond acceptors (Lipinski definition) is 1. The topological polar surface area (TPSA) is 12.0 Å². The Balaban J connectivity index is 2.02. The first-order valence-electron chi connectivity index (χ1n) is 5.87. The Hall–Kier alpha value is 0.0400. The lowest BCUT2D eigenvalue weighted by Crippen LogP contribution is -2.26. The quantitative estimate of drug-likeness (QED) is 0.746. The summed E-state index contributed by atoms with van der Waals surface area (Å²) in [5.41, 5.74) is 1.08. The first-order valence-corrected chi connectivity index (χ1v) is 7.32. The van der Waals surface area contributed by atoms with Crippen molar-refractivity contribution in [3.05, 3.63) is 26.8 Å². The number of rotatable bonds is 2. The molecule has 0 spiro atoms. The molecule has 1 aromatic carbocycles. The first kappa shape index (κ1) is 12.5. The van der Waals surface area contributed by atoms with Crippen molar-refractivity contribution in [2.24, 2.45) is 5.92 Å². The third-order valence-corrected chi connectivity index (χ3v) is 4.21. The van der Waals surface area contributed by atoms with Crippen LogP contribution in [0.4, 0.5) is 5.69 Å². The molecule has 0 heterocycles. The van der Waals surface area contributed by atoms with E-state index < -0.39 is 0 Å². The third kappa shape index (κ3) is 3.27. The molecule has 1 aromatic rings. The summed E-state index contributed by atoms with van der Waals surface area (Å²) in [6, 6.07) is 6.79. The van der Waals surface area contributed by atoms with Crippen LogP contribution in [0.3, 0.4) is 0 Å². The van der Waals surface area contributed by atoms with E-state index in [1.807, 2.05) is 6.07 Å². The molecular weight excluding hydrogens is 333 g/mol. The highest BCUT2D eigenvalue weighted by atomic mass is 127. The number of benzene rings is 1. The van der Waals surface area contributed by atoms with E-state index in [0.717, 1.165) is 16.6 Å². The van der Waals surface area contributed by atoms with Crippen LogP contribution in [0.25, 0.3) is 0 Å². The van der Waals surface area contributed by atoms with Crippen molar-refractivity contribution in [2.75, 3.05) is 5.32 Å². The SMILES string of the molecule is CC1CCCC(Nc2ccc(I)cc2Cl)C1. The molecule has 1 saturated carbocycles. The predicted octanol–water partition coefficient (Wildman–Crippen LogP) is 4.94. The van der Waals surface area contributed by atoms with Gasteiger partial charge < -0.3 is 5.32 Å². The Labute approximate surface area is 116 Å². The van der Waals surface area contributed by atoms with E-state index in [4.69, 9.17) is 11.6 Å². The molecule has 2 rings (SSSR count). The normalized spacial score (nSPS) is 25.4. The molecule has 0 amide bonds. The number of nitrogens with one attached hydrogen (secondary N) is 1. The van der Waals surface area contributed by atoms with E-state index in [9.17, 15) is 0 Å². The molecule has 2 unspecified atom stereocenters. The van der Waals surface area contributed by atoms with Gasteiger partial charge in [0, 0.05) is 9.61 Å². The van der Waals surface area contributed by atoms with E-state index in [0.29, 0.717) is 6.04 Å². The van der Waals surface area contributed by atoms with Gasteiger partial charge in [-0.25, -0.2) is 0 Å². The summed E-state index contributed by atoms with van der Waals surface area (Å²) in [4.78, 5) is 0. The molecule has 0 aromatic heterocycles. The predicted molar refractivity (Wildman–Crippen MR) is 79.2 cm³/mol. The van der Waals surface area contributed by atoms with Gasteiger partial charge in [-0.2, -0.15) is 0 Å². The number of halogens is 2. The van der Waals surface area contributed by atoms with Crippen molar-refractivity contribution < 1.29 is 0 Å². The molecule has 3 heteroatoms. The van der Waals surface area contributed by atoms with E-state index >= 15 is 0 Å². The zero-order valence-electron chi connectivity index (χ0n) is 9.47. The van der Waals surface area contributed by atoms with Gasteiger partial charge in [0.2, 0.25) is 0 Å². The van der Waals surface area contributed by atoms with E-state index in [-0.39, 0.29) is 0 Å². The summed E-state index contributed by atoms with van der Waals surface area (Å²) in [5.74, 6) is 0.842. The highest BCUT2D eigenvalue weighted by Crippen LogP contribution is 2.29. The van der Waals surface area contributed by atoms with Gasteiger partial charge in [-0.05, 0) is 59.5 Å². The third-order valence-electron chi connectivity index (χ3n) is 3.23. The van der Waals surface area contributed by atoms with Crippen LogP contribution in [0.5, 0.6) is 0 Å². The average molecular weight is 350 g/mol. The molecule has 1 nitrogen and oxygen atoms in total. The second kappa shape index (κ2) is 5.58. The maximum Gasteiger partial charge on any atom is 0.0648 e. The Bertz CT molecular complexity index is 367. The second-order valence-electron chi connectivity index (χ2n) is 4.74. The average Bonchev–Trinajstić information content (AvgIpc) is 2.22. The van der Waals surface area contributed by atoms with E-state index in [2.05, 4.69) is 47.0 Å². The minimum Gasteiger partial charge on any atom is -0.381 e. The maximum absolute atomic E-state index is 6.22. The zero-order chi connectivity index (χ0) is 11.5. The van der Waals surface area contributed by atoms with Crippen molar-refractivity contribution in [1.82, 2.24) is 0 Å². The molecule has 0 aliphatic heterocycles. The summed E-state index contributed by atoms with van der Waals surface area (Å²) in [7, 11) is 0. The fourth-order valence-corrected chi connectivity index (χ4v) is 3.30. The molecule has 88 valence electrons. The van der Waals surface area contributed by atoms with Gasteiger partial charge in [-0.3, -0.25) is 0 Å². The summed E-state index contributed by atoms with van der Waals surface area (Å²) in [5, 5.41) is 4.41. The van der Waals surface area contributed by atoms with Crippen molar-refractivity contribution in [1.29, 1.82) is 0 Å². The minimum absolute atomic E-state index is 0.598. The molecule has 1 aliphatic carbocycles. The Kier molecular flexibility index (Phi) is 4.36. The van der Waals surface area contributed by atoms with Crippen molar-refractivity contribution in [2.45, 2.75) is 38.6 Å². The molecule has 1 aliphatic rings. The summed E-state index contributed by atoms with van der Waals surface area (Å²) < 4.78 is 1.19. The Morgan fingerprint density at radius 3 is 2.88 bits per heavy atom. The summed E-state index contributed by atoms with van der Waals surface area (Å²) in [6.07, 6.45) is 5.24. The Morgan fingerprint density at radius 2 is 2.19 bits per heavy atom. The first-order chi connectivity index (χ1) is 7.65. The monoisotopic (exact) mass is 349 g/mol. The highest BCUT2D eigenvalue weighted by Gasteiger charge is 2.19. The Morgan fingerprint density at radius 1 is 1.38 bits per heavy atom. The van der Waals surface area contributed by atoms with Crippen LogP contribution in [0.1, 0.15) is 32.6 Å². The van der Waals surface area contributed by atoms with Crippen LogP contribution in [0.15, 0.2) is 18.2 Å². The van der Waals surface area contributed by atoms with Gasteiger partial charge in [-0.1, -0.05) is 31.4 Å². The van der Waals surface area contributed by atoms with Gasteiger partial charge in [0.25, 0.3) is 0 Å². The van der Waals surface area contributed by atoms with Crippen LogP contribution >= 0.6 is 34.2 Å². The van der Waals surface area contributed by atoms with Crippen LogP contribution in [0.2, 0.25) is 5.02 Å². The summed E-state index contributed by atoms with van der Waals surface area (Å²) >= 11 is 8.50. The van der Waals surface area contributed by atoms with Gasteiger partial charge in [-0.15, -0.1) is 0 Å². The van der Waals surface area contributed by atoms with Gasteiger partial charge in [0.1, 0.15) is 0 Å². The smallest absolute Gasteiger partial charge is 0.0648 e. The lowest BCUT2D eigenvalue weighted by molar-refractivity contribution is 0.358. The van der Waals surface area contributed by atoms with Crippen molar-refractivity contribution >= 4 is 39.9 Å². The second-order valence-corrected chi connectivity index (χ2v) is 6.39. The molecule has 0 saturated heterocycles. The highest BCUT2D eigenvalue weighted by molar-refractivity contribution is 14.1. The van der Waals surface area contributed by atoms with Crippen LogP contribution < -0.4 is 5.32 Å². The largest absolute Gasteiger partial charge is 0.381 e. The molecule has 0 bridgehead atoms.